The van der Waals surface area contributed by atoms with Crippen LogP contribution in [0.3, 0.4) is 0 Å². The number of rotatable bonds is 4. The second-order valence-electron chi connectivity index (χ2n) is 6.60. The van der Waals surface area contributed by atoms with Crippen molar-refractivity contribution in [2.45, 2.75) is 32.7 Å². The van der Waals surface area contributed by atoms with Crippen molar-refractivity contribution in [2.24, 2.45) is 11.7 Å². The topological polar surface area (TPSA) is 75.0 Å². The van der Waals surface area contributed by atoms with Crippen LogP contribution >= 0.6 is 0 Å². The quantitative estimate of drug-likeness (QED) is 0.938. The summed E-state index contributed by atoms with van der Waals surface area (Å²) in [6, 6.07) is 10.1. The Bertz CT molecular complexity index is 784. The van der Waals surface area contributed by atoms with Gasteiger partial charge in [0.15, 0.2) is 0 Å². The molecule has 0 unspecified atom stereocenters. The summed E-state index contributed by atoms with van der Waals surface area (Å²) >= 11 is 0. The molecule has 0 saturated carbocycles. The number of piperidine rings is 1. The first-order chi connectivity index (χ1) is 11.7. The molecule has 1 saturated heterocycles. The normalized spacial score (nSPS) is 17.9. The van der Waals surface area contributed by atoms with Gasteiger partial charge in [0.2, 0.25) is 5.91 Å². The zero-order valence-electron chi connectivity index (χ0n) is 14.2. The Labute approximate surface area is 142 Å². The van der Waals surface area contributed by atoms with Gasteiger partial charge >= 0.3 is 0 Å². The molecular formula is C19H24N4O. The number of benzene rings is 1. The molecule has 1 amide bonds. The van der Waals surface area contributed by atoms with E-state index >= 15 is 0 Å². The van der Waals surface area contributed by atoms with Crippen LogP contribution in [0.1, 0.15) is 30.5 Å². The molecule has 5 nitrogen and oxygen atoms in total. The summed E-state index contributed by atoms with van der Waals surface area (Å²) in [4.78, 5) is 14.8. The smallest absolute Gasteiger partial charge is 0.242 e. The van der Waals surface area contributed by atoms with Crippen LogP contribution in [0.4, 0.5) is 0 Å². The van der Waals surface area contributed by atoms with Crippen LogP contribution in [0, 0.1) is 24.2 Å². The van der Waals surface area contributed by atoms with Gasteiger partial charge in [-0.05, 0) is 44.7 Å². The zero-order chi connectivity index (χ0) is 17.1. The number of hydrogen-bond acceptors (Lipinski definition) is 3. The van der Waals surface area contributed by atoms with Crippen LogP contribution in [-0.4, -0.2) is 35.0 Å². The number of nitriles is 1. The lowest BCUT2D eigenvalue weighted by molar-refractivity contribution is -0.133. The predicted octanol–water partition coefficient (Wildman–Crippen LogP) is 2.41. The number of para-hydroxylation sites is 1. The van der Waals surface area contributed by atoms with Crippen molar-refractivity contribution in [3.8, 4) is 6.07 Å². The first kappa shape index (κ1) is 16.5. The SMILES string of the molecule is Cc1c(C#N)c2ccccc2n1CC(=O)N1CCC[C@H](CCN)C1. The van der Waals surface area contributed by atoms with Crippen molar-refractivity contribution in [2.75, 3.05) is 19.6 Å². The monoisotopic (exact) mass is 324 g/mol. The molecule has 2 aromatic rings. The summed E-state index contributed by atoms with van der Waals surface area (Å²) in [7, 11) is 0. The fourth-order valence-electron chi connectivity index (χ4n) is 3.77. The molecule has 126 valence electrons. The van der Waals surface area contributed by atoms with Gasteiger partial charge in [0.25, 0.3) is 0 Å². The third-order valence-corrected chi connectivity index (χ3v) is 5.08. The highest BCUT2D eigenvalue weighted by atomic mass is 16.2. The van der Waals surface area contributed by atoms with Crippen LogP contribution in [-0.2, 0) is 11.3 Å². The molecule has 3 rings (SSSR count). The average molecular weight is 324 g/mol. The standard InChI is InChI=1S/C19H24N4O/c1-14-17(11-21)16-6-2-3-7-18(16)23(14)13-19(24)22-10-4-5-15(12-22)8-9-20/h2-3,6-7,15H,4-5,8-10,12-13,20H2,1H3/t15-/m1/s1. The van der Waals surface area contributed by atoms with Crippen molar-refractivity contribution in [1.29, 1.82) is 5.26 Å². The van der Waals surface area contributed by atoms with Crippen molar-refractivity contribution < 1.29 is 4.79 Å². The van der Waals surface area contributed by atoms with E-state index < -0.39 is 0 Å². The van der Waals surface area contributed by atoms with Gasteiger partial charge in [-0.2, -0.15) is 5.26 Å². The van der Waals surface area contributed by atoms with Gasteiger partial charge in [-0.3, -0.25) is 4.79 Å². The number of nitrogens with zero attached hydrogens (tertiary/aromatic N) is 3. The Kier molecular flexibility index (Phi) is 4.86. The molecule has 1 atom stereocenters. The number of fused-ring (bicyclic) bond motifs is 1. The molecule has 1 fully saturated rings. The van der Waals surface area contributed by atoms with E-state index in [1.807, 2.05) is 40.7 Å². The highest BCUT2D eigenvalue weighted by Gasteiger charge is 2.24. The molecule has 1 aromatic heterocycles. The second kappa shape index (κ2) is 7.06. The first-order valence-corrected chi connectivity index (χ1v) is 8.61. The molecule has 2 N–H and O–H groups in total. The number of nitrogens with two attached hydrogens (primary N) is 1. The van der Waals surface area contributed by atoms with E-state index in [9.17, 15) is 10.1 Å². The van der Waals surface area contributed by atoms with E-state index in [0.717, 1.165) is 48.9 Å². The Morgan fingerprint density at radius 3 is 2.96 bits per heavy atom. The Balaban J connectivity index is 1.84. The lowest BCUT2D eigenvalue weighted by Gasteiger charge is -2.33. The molecule has 2 heterocycles. The Morgan fingerprint density at radius 1 is 1.42 bits per heavy atom. The fourth-order valence-corrected chi connectivity index (χ4v) is 3.77. The maximum Gasteiger partial charge on any atom is 0.242 e. The lowest BCUT2D eigenvalue weighted by atomic mass is 9.95. The average Bonchev–Trinajstić information content (AvgIpc) is 2.87. The summed E-state index contributed by atoms with van der Waals surface area (Å²) in [6.07, 6.45) is 3.18. The Morgan fingerprint density at radius 2 is 2.21 bits per heavy atom. The highest BCUT2D eigenvalue weighted by molar-refractivity contribution is 5.89. The summed E-state index contributed by atoms with van der Waals surface area (Å²) in [5.41, 5.74) is 8.15. The Hall–Kier alpha value is -2.32. The van der Waals surface area contributed by atoms with Crippen molar-refractivity contribution in [3.63, 3.8) is 0 Å². The number of likely N-dealkylation sites (tertiary alicyclic amines) is 1. The maximum atomic E-state index is 12.8. The van der Waals surface area contributed by atoms with Crippen LogP contribution in [0.5, 0.6) is 0 Å². The number of amides is 1. The molecule has 5 heteroatoms. The van der Waals surface area contributed by atoms with Gasteiger partial charge in [-0.15, -0.1) is 0 Å². The predicted molar refractivity (Wildman–Crippen MR) is 94.4 cm³/mol. The van der Waals surface area contributed by atoms with Gasteiger partial charge in [-0.25, -0.2) is 0 Å². The molecule has 1 aromatic carbocycles. The van der Waals surface area contributed by atoms with Crippen molar-refractivity contribution in [3.05, 3.63) is 35.5 Å². The van der Waals surface area contributed by atoms with E-state index in [0.29, 0.717) is 24.6 Å². The van der Waals surface area contributed by atoms with Crippen LogP contribution in [0.15, 0.2) is 24.3 Å². The highest BCUT2D eigenvalue weighted by Crippen LogP contribution is 2.26. The van der Waals surface area contributed by atoms with Crippen LogP contribution < -0.4 is 5.73 Å². The maximum absolute atomic E-state index is 12.8. The second-order valence-corrected chi connectivity index (χ2v) is 6.60. The number of carbonyl (C=O) groups is 1. The molecule has 0 bridgehead atoms. The zero-order valence-corrected chi connectivity index (χ0v) is 14.2. The minimum absolute atomic E-state index is 0.130. The molecule has 0 radical (unpaired) electrons. The summed E-state index contributed by atoms with van der Waals surface area (Å²) in [6.45, 7) is 4.52. The lowest BCUT2D eigenvalue weighted by Crippen LogP contribution is -2.42. The first-order valence-electron chi connectivity index (χ1n) is 8.61. The summed E-state index contributed by atoms with van der Waals surface area (Å²) in [5, 5.41) is 10.4. The molecule has 24 heavy (non-hydrogen) atoms. The van der Waals surface area contributed by atoms with Crippen LogP contribution in [0.2, 0.25) is 0 Å². The molecule has 0 aliphatic carbocycles. The number of hydrogen-bond donors (Lipinski definition) is 1. The number of aromatic nitrogens is 1. The molecule has 0 spiro atoms. The summed E-state index contributed by atoms with van der Waals surface area (Å²) < 4.78 is 1.97. The van der Waals surface area contributed by atoms with Gasteiger partial charge in [-0.1, -0.05) is 18.2 Å². The van der Waals surface area contributed by atoms with E-state index in [4.69, 9.17) is 5.73 Å². The minimum Gasteiger partial charge on any atom is -0.341 e. The van der Waals surface area contributed by atoms with Gasteiger partial charge in [0.1, 0.15) is 12.6 Å². The van der Waals surface area contributed by atoms with Crippen LogP contribution in [0.25, 0.3) is 10.9 Å². The third kappa shape index (κ3) is 3.02. The molecule has 1 aliphatic rings. The van der Waals surface area contributed by atoms with Crippen molar-refractivity contribution in [1.82, 2.24) is 9.47 Å². The fraction of sp³-hybridized carbons (Fsp3) is 0.474. The van der Waals surface area contributed by atoms with Crippen molar-refractivity contribution >= 4 is 16.8 Å². The number of carbonyl (C=O) groups excluding carboxylic acids is 1. The van der Waals surface area contributed by atoms with E-state index in [2.05, 4.69) is 6.07 Å². The van der Waals surface area contributed by atoms with Gasteiger partial charge < -0.3 is 15.2 Å². The van der Waals surface area contributed by atoms with E-state index in [-0.39, 0.29) is 5.91 Å². The largest absolute Gasteiger partial charge is 0.341 e. The molecular weight excluding hydrogens is 300 g/mol. The minimum atomic E-state index is 0.130. The summed E-state index contributed by atoms with van der Waals surface area (Å²) in [5.74, 6) is 0.648. The molecule has 1 aliphatic heterocycles. The van der Waals surface area contributed by atoms with E-state index in [1.54, 1.807) is 0 Å². The van der Waals surface area contributed by atoms with Gasteiger partial charge in [0, 0.05) is 24.2 Å². The third-order valence-electron chi connectivity index (χ3n) is 5.08. The van der Waals surface area contributed by atoms with E-state index in [1.165, 1.54) is 0 Å². The van der Waals surface area contributed by atoms with Gasteiger partial charge in [0.05, 0.1) is 11.1 Å².